The van der Waals surface area contributed by atoms with Crippen LogP contribution < -0.4 is 10.1 Å². The lowest BCUT2D eigenvalue weighted by Gasteiger charge is -2.12. The van der Waals surface area contributed by atoms with E-state index in [1.165, 1.54) is 5.56 Å². The van der Waals surface area contributed by atoms with Gasteiger partial charge in [-0.25, -0.2) is 0 Å². The van der Waals surface area contributed by atoms with Crippen LogP contribution in [0, 0.1) is 0 Å². The van der Waals surface area contributed by atoms with Crippen LogP contribution in [0.3, 0.4) is 0 Å². The molecule has 0 aliphatic heterocycles. The molecule has 0 unspecified atom stereocenters. The molecule has 4 heteroatoms. The molecular weight excluding hydrogens is 306 g/mol. The second-order valence-electron chi connectivity index (χ2n) is 5.32. The largest absolute Gasteiger partial charge is 0.497 e. The number of hydrogen-bond acceptors (Lipinski definition) is 3. The summed E-state index contributed by atoms with van der Waals surface area (Å²) >= 11 is 1.56. The Bertz CT molecular complexity index is 599. The van der Waals surface area contributed by atoms with Crippen LogP contribution in [0.4, 0.5) is 0 Å². The van der Waals surface area contributed by atoms with Gasteiger partial charge in [0.2, 0.25) is 5.91 Å². The first-order chi connectivity index (χ1) is 11.2. The van der Waals surface area contributed by atoms with Gasteiger partial charge in [0.25, 0.3) is 0 Å². The maximum absolute atomic E-state index is 12.1. The number of aryl methyl sites for hydroxylation is 1. The molecule has 2 aromatic carbocycles. The molecule has 0 bridgehead atoms. The van der Waals surface area contributed by atoms with Crippen molar-refractivity contribution in [3.05, 3.63) is 60.2 Å². The van der Waals surface area contributed by atoms with Gasteiger partial charge >= 0.3 is 0 Å². The molecule has 122 valence electrons. The third-order valence-electron chi connectivity index (χ3n) is 3.53. The highest BCUT2D eigenvalue weighted by atomic mass is 32.2. The standard InChI is InChI=1S/C19H23NO2S/c1-15(23-18-12-10-17(22-2)11-13-18)19(21)20-14-6-9-16-7-4-3-5-8-16/h3-5,7-8,10-13,15H,6,9,14H2,1-2H3,(H,20,21)/t15-/m0/s1. The van der Waals surface area contributed by atoms with Crippen LogP contribution in [0.5, 0.6) is 5.75 Å². The first-order valence-corrected chi connectivity index (χ1v) is 8.69. The van der Waals surface area contributed by atoms with Crippen LogP contribution in [0.2, 0.25) is 0 Å². The van der Waals surface area contributed by atoms with Crippen molar-refractivity contribution in [2.45, 2.75) is 29.9 Å². The fraction of sp³-hybridized carbons (Fsp3) is 0.316. The Morgan fingerprint density at radius 3 is 2.48 bits per heavy atom. The summed E-state index contributed by atoms with van der Waals surface area (Å²) in [4.78, 5) is 13.2. The molecule has 0 fully saturated rings. The second-order valence-corrected chi connectivity index (χ2v) is 6.73. The predicted molar refractivity (Wildman–Crippen MR) is 96.1 cm³/mol. The molecule has 0 saturated heterocycles. The zero-order valence-corrected chi connectivity index (χ0v) is 14.4. The molecule has 23 heavy (non-hydrogen) atoms. The Labute approximate surface area is 142 Å². The molecule has 0 radical (unpaired) electrons. The first kappa shape index (κ1) is 17.4. The van der Waals surface area contributed by atoms with Crippen molar-refractivity contribution in [1.82, 2.24) is 5.32 Å². The molecule has 0 aromatic heterocycles. The van der Waals surface area contributed by atoms with Crippen LogP contribution in [0.15, 0.2) is 59.5 Å². The van der Waals surface area contributed by atoms with Gasteiger partial charge in [-0.15, -0.1) is 11.8 Å². The third-order valence-corrected chi connectivity index (χ3v) is 4.64. The first-order valence-electron chi connectivity index (χ1n) is 7.81. The average molecular weight is 329 g/mol. The fourth-order valence-electron chi connectivity index (χ4n) is 2.20. The van der Waals surface area contributed by atoms with E-state index in [0.29, 0.717) is 6.54 Å². The Morgan fingerprint density at radius 1 is 1.13 bits per heavy atom. The molecule has 0 heterocycles. The van der Waals surface area contributed by atoms with Gasteiger partial charge in [0, 0.05) is 11.4 Å². The molecule has 0 spiro atoms. The highest BCUT2D eigenvalue weighted by molar-refractivity contribution is 8.00. The summed E-state index contributed by atoms with van der Waals surface area (Å²) in [6, 6.07) is 18.1. The van der Waals surface area contributed by atoms with Crippen LogP contribution in [0.25, 0.3) is 0 Å². The Hall–Kier alpha value is -1.94. The molecule has 2 aromatic rings. The molecule has 0 aliphatic rings. The van der Waals surface area contributed by atoms with Crippen molar-refractivity contribution in [3.63, 3.8) is 0 Å². The van der Waals surface area contributed by atoms with E-state index >= 15 is 0 Å². The highest BCUT2D eigenvalue weighted by Crippen LogP contribution is 2.25. The maximum atomic E-state index is 12.1. The van der Waals surface area contributed by atoms with E-state index in [2.05, 4.69) is 17.4 Å². The number of ether oxygens (including phenoxy) is 1. The summed E-state index contributed by atoms with van der Waals surface area (Å²) in [5, 5.41) is 2.90. The molecule has 2 rings (SSSR count). The number of rotatable bonds is 8. The van der Waals surface area contributed by atoms with E-state index < -0.39 is 0 Å². The molecule has 1 amide bonds. The van der Waals surface area contributed by atoms with E-state index in [4.69, 9.17) is 4.74 Å². The zero-order chi connectivity index (χ0) is 16.5. The van der Waals surface area contributed by atoms with E-state index in [1.54, 1.807) is 18.9 Å². The molecular formula is C19H23NO2S. The van der Waals surface area contributed by atoms with Crippen molar-refractivity contribution >= 4 is 17.7 Å². The van der Waals surface area contributed by atoms with Crippen LogP contribution in [-0.4, -0.2) is 24.8 Å². The normalized spacial score (nSPS) is 11.7. The summed E-state index contributed by atoms with van der Waals surface area (Å²) in [7, 11) is 1.65. The lowest BCUT2D eigenvalue weighted by atomic mass is 10.1. The summed E-state index contributed by atoms with van der Waals surface area (Å²) in [6.07, 6.45) is 1.94. The number of thioether (sulfide) groups is 1. The lowest BCUT2D eigenvalue weighted by molar-refractivity contribution is -0.120. The van der Waals surface area contributed by atoms with Gasteiger partial charge in [-0.1, -0.05) is 30.3 Å². The summed E-state index contributed by atoms with van der Waals surface area (Å²) in [5.41, 5.74) is 1.31. The summed E-state index contributed by atoms with van der Waals surface area (Å²) < 4.78 is 5.13. The molecule has 1 atom stereocenters. The van der Waals surface area contributed by atoms with Crippen molar-refractivity contribution in [1.29, 1.82) is 0 Å². The van der Waals surface area contributed by atoms with Gasteiger partial charge < -0.3 is 10.1 Å². The monoisotopic (exact) mass is 329 g/mol. The molecule has 3 nitrogen and oxygen atoms in total. The quantitative estimate of drug-likeness (QED) is 0.589. The minimum absolute atomic E-state index is 0.0823. The number of methoxy groups -OCH3 is 1. The second kappa shape index (κ2) is 9.26. The fourth-order valence-corrected chi connectivity index (χ4v) is 3.10. The summed E-state index contributed by atoms with van der Waals surface area (Å²) in [5.74, 6) is 0.909. The van der Waals surface area contributed by atoms with Gasteiger partial charge in [0.05, 0.1) is 12.4 Å². The average Bonchev–Trinajstić information content (AvgIpc) is 2.60. The van der Waals surface area contributed by atoms with Gasteiger partial charge in [-0.3, -0.25) is 4.79 Å². The number of nitrogens with one attached hydrogen (secondary N) is 1. The van der Waals surface area contributed by atoms with Crippen molar-refractivity contribution < 1.29 is 9.53 Å². The topological polar surface area (TPSA) is 38.3 Å². The Balaban J connectivity index is 1.69. The Kier molecular flexibility index (Phi) is 7.01. The smallest absolute Gasteiger partial charge is 0.233 e. The van der Waals surface area contributed by atoms with Crippen molar-refractivity contribution in [2.75, 3.05) is 13.7 Å². The van der Waals surface area contributed by atoms with E-state index in [-0.39, 0.29) is 11.2 Å². The number of benzene rings is 2. The minimum atomic E-state index is -0.111. The van der Waals surface area contributed by atoms with Crippen molar-refractivity contribution in [2.24, 2.45) is 0 Å². The van der Waals surface area contributed by atoms with Gasteiger partial charge in [-0.05, 0) is 49.6 Å². The van der Waals surface area contributed by atoms with Gasteiger partial charge in [0.1, 0.15) is 5.75 Å². The van der Waals surface area contributed by atoms with Crippen LogP contribution in [0.1, 0.15) is 18.9 Å². The lowest BCUT2D eigenvalue weighted by Crippen LogP contribution is -2.31. The zero-order valence-electron chi connectivity index (χ0n) is 13.6. The third kappa shape index (κ3) is 5.99. The number of carbonyl (C=O) groups excluding carboxylic acids is 1. The highest BCUT2D eigenvalue weighted by Gasteiger charge is 2.13. The molecule has 0 aliphatic carbocycles. The van der Waals surface area contributed by atoms with Gasteiger partial charge in [0.15, 0.2) is 0 Å². The van der Waals surface area contributed by atoms with E-state index in [1.807, 2.05) is 49.4 Å². The SMILES string of the molecule is COc1ccc(S[C@@H](C)C(=O)NCCCc2ccccc2)cc1. The van der Waals surface area contributed by atoms with Crippen LogP contribution >= 0.6 is 11.8 Å². The van der Waals surface area contributed by atoms with E-state index in [0.717, 1.165) is 23.5 Å². The molecule has 1 N–H and O–H groups in total. The van der Waals surface area contributed by atoms with Crippen LogP contribution in [-0.2, 0) is 11.2 Å². The minimum Gasteiger partial charge on any atom is -0.497 e. The van der Waals surface area contributed by atoms with Gasteiger partial charge in [-0.2, -0.15) is 0 Å². The van der Waals surface area contributed by atoms with E-state index in [9.17, 15) is 4.79 Å². The number of hydrogen-bond donors (Lipinski definition) is 1. The molecule has 0 saturated carbocycles. The number of amides is 1. The number of carbonyl (C=O) groups is 1. The van der Waals surface area contributed by atoms with Crippen molar-refractivity contribution in [3.8, 4) is 5.75 Å². The summed E-state index contributed by atoms with van der Waals surface area (Å²) in [6.45, 7) is 2.64. The predicted octanol–water partition coefficient (Wildman–Crippen LogP) is 3.92. The Morgan fingerprint density at radius 2 is 1.83 bits per heavy atom. The maximum Gasteiger partial charge on any atom is 0.233 e.